The first-order valence-corrected chi connectivity index (χ1v) is 6.86. The summed E-state index contributed by atoms with van der Waals surface area (Å²) < 4.78 is 0. The molecule has 0 bridgehead atoms. The number of aliphatic carboxylic acids is 1. The molecule has 1 aromatic carbocycles. The number of nitrogens with zero attached hydrogens (tertiary/aromatic N) is 1. The van der Waals surface area contributed by atoms with Gasteiger partial charge in [-0.2, -0.15) is 0 Å². The summed E-state index contributed by atoms with van der Waals surface area (Å²) in [4.78, 5) is 38.4. The Morgan fingerprint density at radius 2 is 1.91 bits per heavy atom. The molecule has 114 valence electrons. The highest BCUT2D eigenvalue weighted by Crippen LogP contribution is 2.12. The Kier molecular flexibility index (Phi) is 4.83. The number of hydrogen-bond acceptors (Lipinski definition) is 4. The van der Waals surface area contributed by atoms with Crippen molar-refractivity contribution in [1.82, 2.24) is 10.3 Å². The number of para-hydroxylation sites is 1. The maximum absolute atomic E-state index is 12.1. The zero-order valence-electron chi connectivity index (χ0n) is 12.1. The highest BCUT2D eigenvalue weighted by molar-refractivity contribution is 5.97. The molecule has 0 fully saturated rings. The Morgan fingerprint density at radius 3 is 2.59 bits per heavy atom. The third-order valence-corrected chi connectivity index (χ3v) is 3.22. The lowest BCUT2D eigenvalue weighted by atomic mass is 10.1. The number of benzene rings is 1. The van der Waals surface area contributed by atoms with Crippen LogP contribution in [0.5, 0.6) is 0 Å². The third-order valence-electron chi connectivity index (χ3n) is 3.22. The van der Waals surface area contributed by atoms with Gasteiger partial charge in [0.25, 0.3) is 5.91 Å². The van der Waals surface area contributed by atoms with Crippen LogP contribution in [-0.2, 0) is 9.59 Å². The van der Waals surface area contributed by atoms with Crippen LogP contribution in [-0.4, -0.2) is 33.8 Å². The second-order valence-electron chi connectivity index (χ2n) is 4.99. The molecule has 22 heavy (non-hydrogen) atoms. The summed E-state index contributed by atoms with van der Waals surface area (Å²) in [6.45, 7) is 1.38. The van der Waals surface area contributed by atoms with E-state index in [2.05, 4.69) is 10.3 Å². The quantitative estimate of drug-likeness (QED) is 0.847. The molecule has 2 rings (SSSR count). The molecule has 6 heteroatoms. The SMILES string of the molecule is CC(=O)CC[C@H](NC(=O)c1ccc2ccccc2n1)C(=O)O. The molecular weight excluding hydrogens is 284 g/mol. The summed E-state index contributed by atoms with van der Waals surface area (Å²) in [5.74, 6) is -1.86. The van der Waals surface area contributed by atoms with Gasteiger partial charge in [-0.3, -0.25) is 4.79 Å². The second kappa shape index (κ2) is 6.80. The Morgan fingerprint density at radius 1 is 1.18 bits per heavy atom. The molecular formula is C16H16N2O4. The number of aromatic nitrogens is 1. The molecule has 1 amide bonds. The highest BCUT2D eigenvalue weighted by atomic mass is 16.4. The smallest absolute Gasteiger partial charge is 0.326 e. The lowest BCUT2D eigenvalue weighted by Gasteiger charge is -2.13. The van der Waals surface area contributed by atoms with Gasteiger partial charge in [0.15, 0.2) is 0 Å². The number of rotatable bonds is 6. The number of pyridine rings is 1. The van der Waals surface area contributed by atoms with Crippen LogP contribution in [0.3, 0.4) is 0 Å². The average molecular weight is 300 g/mol. The number of ketones is 1. The van der Waals surface area contributed by atoms with E-state index in [1.807, 2.05) is 18.2 Å². The van der Waals surface area contributed by atoms with Crippen molar-refractivity contribution in [3.05, 3.63) is 42.1 Å². The van der Waals surface area contributed by atoms with E-state index in [1.54, 1.807) is 18.2 Å². The van der Waals surface area contributed by atoms with Crippen molar-refractivity contribution in [2.45, 2.75) is 25.8 Å². The number of carbonyl (C=O) groups excluding carboxylic acids is 2. The van der Waals surface area contributed by atoms with E-state index in [4.69, 9.17) is 5.11 Å². The Bertz CT molecular complexity index is 727. The molecule has 6 nitrogen and oxygen atoms in total. The van der Waals surface area contributed by atoms with Gasteiger partial charge in [-0.15, -0.1) is 0 Å². The molecule has 1 atom stereocenters. The number of nitrogens with one attached hydrogen (secondary N) is 1. The average Bonchev–Trinajstić information content (AvgIpc) is 2.50. The largest absolute Gasteiger partial charge is 0.480 e. The minimum absolute atomic E-state index is 0.0595. The standard InChI is InChI=1S/C16H16N2O4/c1-10(19)6-8-14(16(21)22)18-15(20)13-9-7-11-4-2-3-5-12(11)17-13/h2-5,7,9,14H,6,8H2,1H3,(H,18,20)(H,21,22)/t14-/m0/s1. The predicted molar refractivity (Wildman–Crippen MR) is 80.5 cm³/mol. The third kappa shape index (κ3) is 3.88. The van der Waals surface area contributed by atoms with Crippen LogP contribution < -0.4 is 5.32 Å². The van der Waals surface area contributed by atoms with Gasteiger partial charge in [0.1, 0.15) is 17.5 Å². The van der Waals surface area contributed by atoms with Crippen LogP contribution >= 0.6 is 0 Å². The molecule has 0 unspecified atom stereocenters. The fourth-order valence-corrected chi connectivity index (χ4v) is 2.03. The van der Waals surface area contributed by atoms with Crippen molar-refractivity contribution < 1.29 is 19.5 Å². The van der Waals surface area contributed by atoms with E-state index in [0.29, 0.717) is 5.52 Å². The maximum Gasteiger partial charge on any atom is 0.326 e. The number of amides is 1. The zero-order valence-corrected chi connectivity index (χ0v) is 12.1. The zero-order chi connectivity index (χ0) is 16.1. The van der Waals surface area contributed by atoms with Crippen LogP contribution in [0.15, 0.2) is 36.4 Å². The number of fused-ring (bicyclic) bond motifs is 1. The molecule has 1 aromatic heterocycles. The maximum atomic E-state index is 12.1. The van der Waals surface area contributed by atoms with Gasteiger partial charge < -0.3 is 15.2 Å². The van der Waals surface area contributed by atoms with Crippen molar-refractivity contribution in [2.24, 2.45) is 0 Å². The van der Waals surface area contributed by atoms with Gasteiger partial charge in [0, 0.05) is 11.8 Å². The van der Waals surface area contributed by atoms with Crippen LogP contribution in [0, 0.1) is 0 Å². The molecule has 0 aliphatic carbocycles. The summed E-state index contributed by atoms with van der Waals surface area (Å²) in [7, 11) is 0. The highest BCUT2D eigenvalue weighted by Gasteiger charge is 2.21. The number of carboxylic acids is 1. The summed E-state index contributed by atoms with van der Waals surface area (Å²) in [5.41, 5.74) is 0.804. The van der Waals surface area contributed by atoms with E-state index < -0.39 is 17.9 Å². The van der Waals surface area contributed by atoms with Gasteiger partial charge in [-0.1, -0.05) is 24.3 Å². The molecule has 0 saturated heterocycles. The van der Waals surface area contributed by atoms with Crippen LogP contribution in [0.25, 0.3) is 10.9 Å². The van der Waals surface area contributed by atoms with Crippen LogP contribution in [0.4, 0.5) is 0 Å². The number of carbonyl (C=O) groups is 3. The van der Waals surface area contributed by atoms with E-state index in [-0.39, 0.29) is 24.3 Å². The summed E-state index contributed by atoms with van der Waals surface area (Å²) in [5, 5.41) is 12.4. The first-order chi connectivity index (χ1) is 10.5. The van der Waals surface area contributed by atoms with Crippen molar-refractivity contribution >= 4 is 28.6 Å². The van der Waals surface area contributed by atoms with Crippen LogP contribution in [0.2, 0.25) is 0 Å². The van der Waals surface area contributed by atoms with Crippen molar-refractivity contribution in [1.29, 1.82) is 0 Å². The lowest BCUT2D eigenvalue weighted by molar-refractivity contribution is -0.139. The monoisotopic (exact) mass is 300 g/mol. The first-order valence-electron chi connectivity index (χ1n) is 6.86. The minimum atomic E-state index is -1.17. The van der Waals surface area contributed by atoms with Crippen molar-refractivity contribution in [2.75, 3.05) is 0 Å². The summed E-state index contributed by atoms with van der Waals surface area (Å²) in [6, 6.07) is 9.51. The number of Topliss-reactive ketones (excluding diaryl/α,β-unsaturated/α-hetero) is 1. The topological polar surface area (TPSA) is 96.4 Å². The minimum Gasteiger partial charge on any atom is -0.480 e. The van der Waals surface area contributed by atoms with Gasteiger partial charge in [0.05, 0.1) is 5.52 Å². The molecule has 0 spiro atoms. The normalized spacial score (nSPS) is 11.9. The van der Waals surface area contributed by atoms with Gasteiger partial charge in [-0.25, -0.2) is 9.78 Å². The lowest BCUT2D eigenvalue weighted by Crippen LogP contribution is -2.41. The molecule has 2 aromatic rings. The van der Waals surface area contributed by atoms with Gasteiger partial charge >= 0.3 is 5.97 Å². The van der Waals surface area contributed by atoms with E-state index in [1.165, 1.54) is 6.92 Å². The Labute approximate surface area is 127 Å². The summed E-state index contributed by atoms with van der Waals surface area (Å²) >= 11 is 0. The van der Waals surface area contributed by atoms with E-state index in [0.717, 1.165) is 5.39 Å². The molecule has 0 aliphatic rings. The molecule has 0 aliphatic heterocycles. The van der Waals surface area contributed by atoms with Crippen LogP contribution in [0.1, 0.15) is 30.3 Å². The second-order valence-corrected chi connectivity index (χ2v) is 4.99. The van der Waals surface area contributed by atoms with E-state index in [9.17, 15) is 14.4 Å². The number of carboxylic acid groups (broad SMARTS) is 1. The molecule has 1 heterocycles. The van der Waals surface area contributed by atoms with E-state index >= 15 is 0 Å². The fraction of sp³-hybridized carbons (Fsp3) is 0.250. The molecule has 0 saturated carbocycles. The molecule has 2 N–H and O–H groups in total. The fourth-order valence-electron chi connectivity index (χ4n) is 2.03. The summed E-state index contributed by atoms with van der Waals surface area (Å²) in [6.07, 6.45) is 0.159. The Balaban J connectivity index is 2.14. The van der Waals surface area contributed by atoms with Gasteiger partial charge in [-0.05, 0) is 25.5 Å². The van der Waals surface area contributed by atoms with Crippen molar-refractivity contribution in [3.63, 3.8) is 0 Å². The predicted octanol–water partition coefficient (Wildman–Crippen LogP) is 1.79. The van der Waals surface area contributed by atoms with Crippen molar-refractivity contribution in [3.8, 4) is 0 Å². The Hall–Kier alpha value is -2.76. The number of hydrogen-bond donors (Lipinski definition) is 2. The van der Waals surface area contributed by atoms with Gasteiger partial charge in [0.2, 0.25) is 0 Å². The molecule has 0 radical (unpaired) electrons. The first kappa shape index (κ1) is 15.6.